The zero-order chi connectivity index (χ0) is 51.6. The van der Waals surface area contributed by atoms with Crippen LogP contribution in [0.15, 0.2) is 218 Å². The largest absolute Gasteiger partial charge is 0.311 e. The first-order chi connectivity index (χ1) is 36.9. The number of hydrogen-bond donors (Lipinski definition) is 0. The van der Waals surface area contributed by atoms with Crippen molar-refractivity contribution in [2.24, 2.45) is 0 Å². The molecule has 0 bridgehead atoms. The van der Waals surface area contributed by atoms with E-state index in [-0.39, 0.29) is 17.5 Å². The summed E-state index contributed by atoms with van der Waals surface area (Å²) in [5, 5.41) is 9.00. The summed E-state index contributed by atoms with van der Waals surface area (Å²) in [5.41, 5.74) is 21.1. The summed E-state index contributed by atoms with van der Waals surface area (Å²) in [6.45, 7) is 16.3. The zero-order valence-electron chi connectivity index (χ0n) is 44.4. The van der Waals surface area contributed by atoms with Crippen LogP contribution < -0.4 is 25.5 Å². The number of rotatable bonds is 6. The highest BCUT2D eigenvalue weighted by Crippen LogP contribution is 2.51. The summed E-state index contributed by atoms with van der Waals surface area (Å²) in [6, 6.07) is 83.2. The van der Waals surface area contributed by atoms with Crippen LogP contribution in [0.2, 0.25) is 0 Å². The molecular formula is C72H59BN2S. The third kappa shape index (κ3) is 7.36. The molecule has 76 heavy (non-hydrogen) atoms. The first-order valence-corrected chi connectivity index (χ1v) is 27.9. The van der Waals surface area contributed by atoms with Crippen molar-refractivity contribution in [2.75, 3.05) is 9.80 Å². The van der Waals surface area contributed by atoms with Crippen LogP contribution in [0.4, 0.5) is 34.1 Å². The van der Waals surface area contributed by atoms with E-state index in [0.717, 1.165) is 12.1 Å². The fourth-order valence-electron chi connectivity index (χ4n) is 12.5. The van der Waals surface area contributed by atoms with E-state index in [1.54, 1.807) is 0 Å². The standard InChI is InChI=1S/C72H59BN2S/c1-8-45-25-35-53(36-26-45)74-64-23-16-24-65-68(64)73(70-69(74)61-44-52(72(5,6)7)34-40-67(61)76-70)62-38-32-49(48-29-27-47(28-30-48)46-17-10-9-11-18-46)42-66(62)75(65)63-39-33-51(71(2,3)4)43-59(63)50-31-37-58-56-21-13-12-19-54(56)55-20-14-15-22-57(55)60(58)41-50/h9-44H,8H2,1-7H3. The van der Waals surface area contributed by atoms with Crippen molar-refractivity contribution >= 4 is 110 Å². The number of hydrogen-bond acceptors (Lipinski definition) is 3. The number of nitrogens with zero attached hydrogens (tertiary/aromatic N) is 2. The van der Waals surface area contributed by atoms with Gasteiger partial charge in [0.1, 0.15) is 0 Å². The lowest BCUT2D eigenvalue weighted by Crippen LogP contribution is -2.60. The number of anilines is 6. The van der Waals surface area contributed by atoms with Crippen LogP contribution in [0.3, 0.4) is 0 Å². The van der Waals surface area contributed by atoms with Gasteiger partial charge in [-0.05, 0) is 166 Å². The predicted molar refractivity (Wildman–Crippen MR) is 331 cm³/mol. The lowest BCUT2D eigenvalue weighted by Gasteiger charge is -2.43. The highest BCUT2D eigenvalue weighted by atomic mass is 32.1. The molecule has 14 rings (SSSR count). The second-order valence-corrected chi connectivity index (χ2v) is 24.2. The van der Waals surface area contributed by atoms with Crippen molar-refractivity contribution in [3.05, 3.63) is 235 Å². The average molecular weight is 995 g/mol. The van der Waals surface area contributed by atoms with Gasteiger partial charge in [-0.2, -0.15) is 0 Å². The Labute approximate surface area is 451 Å². The molecule has 366 valence electrons. The van der Waals surface area contributed by atoms with Crippen molar-refractivity contribution in [3.8, 4) is 33.4 Å². The summed E-state index contributed by atoms with van der Waals surface area (Å²) < 4.78 is 2.71. The molecule has 0 atom stereocenters. The van der Waals surface area contributed by atoms with Crippen molar-refractivity contribution in [3.63, 3.8) is 0 Å². The molecule has 0 aliphatic carbocycles. The summed E-state index contributed by atoms with van der Waals surface area (Å²) in [4.78, 5) is 5.23. The van der Waals surface area contributed by atoms with Crippen molar-refractivity contribution in [1.82, 2.24) is 0 Å². The Bertz CT molecular complexity index is 4250. The van der Waals surface area contributed by atoms with E-state index in [9.17, 15) is 0 Å². The van der Waals surface area contributed by atoms with Gasteiger partial charge in [0.15, 0.2) is 0 Å². The molecule has 2 aliphatic heterocycles. The predicted octanol–water partition coefficient (Wildman–Crippen LogP) is 18.6. The first-order valence-electron chi connectivity index (χ1n) is 27.1. The number of thiophene rings is 1. The molecule has 0 saturated heterocycles. The minimum absolute atomic E-state index is 0.00113. The maximum atomic E-state index is 2.63. The van der Waals surface area contributed by atoms with Crippen LogP contribution in [0.25, 0.3) is 75.8 Å². The Morgan fingerprint density at radius 3 is 1.61 bits per heavy atom. The molecule has 0 radical (unpaired) electrons. The first kappa shape index (κ1) is 46.4. The molecule has 2 nitrogen and oxygen atoms in total. The molecule has 0 unspecified atom stereocenters. The molecule has 2 aliphatic rings. The second-order valence-electron chi connectivity index (χ2n) is 23.2. The van der Waals surface area contributed by atoms with Crippen LogP contribution in [0.1, 0.15) is 65.2 Å². The average Bonchev–Trinajstić information content (AvgIpc) is 3.95. The summed E-state index contributed by atoms with van der Waals surface area (Å²) in [5.74, 6) is 0. The van der Waals surface area contributed by atoms with Gasteiger partial charge in [0.05, 0.1) is 11.4 Å². The normalized spacial score (nSPS) is 13.2. The quantitative estimate of drug-likeness (QED) is 0.121. The van der Waals surface area contributed by atoms with Gasteiger partial charge in [0.2, 0.25) is 0 Å². The topological polar surface area (TPSA) is 6.48 Å². The van der Waals surface area contributed by atoms with Crippen molar-refractivity contribution < 1.29 is 0 Å². The molecule has 12 aromatic rings. The van der Waals surface area contributed by atoms with E-state index in [4.69, 9.17) is 0 Å². The molecule has 0 spiro atoms. The zero-order valence-corrected chi connectivity index (χ0v) is 45.2. The van der Waals surface area contributed by atoms with Crippen LogP contribution >= 0.6 is 11.3 Å². The molecule has 1 aromatic heterocycles. The highest BCUT2D eigenvalue weighted by molar-refractivity contribution is 7.33. The summed E-state index contributed by atoms with van der Waals surface area (Å²) in [7, 11) is 0. The Hall–Kier alpha value is -8.18. The van der Waals surface area contributed by atoms with Gasteiger partial charge >= 0.3 is 0 Å². The molecule has 4 heteroatoms. The minimum atomic E-state index is -0.0822. The van der Waals surface area contributed by atoms with E-state index in [0.29, 0.717) is 0 Å². The molecule has 0 N–H and O–H groups in total. The van der Waals surface area contributed by atoms with Gasteiger partial charge in [-0.3, -0.25) is 0 Å². The third-order valence-electron chi connectivity index (χ3n) is 16.5. The lowest BCUT2D eigenvalue weighted by molar-refractivity contribution is 0.590. The van der Waals surface area contributed by atoms with E-state index < -0.39 is 0 Å². The SMILES string of the molecule is CCc1ccc(N2c3cccc4c3B(c3ccc(-c5ccc(-c6ccccc6)cc5)cc3N4c3ccc(C(C)(C)C)cc3-c3ccc4c5ccccc5c5ccccc5c4c3)c3sc4ccc(C(C)(C)C)cc4c32)cc1. The summed E-state index contributed by atoms with van der Waals surface area (Å²) in [6.07, 6.45) is 0.996. The van der Waals surface area contributed by atoms with Crippen molar-refractivity contribution in [1.29, 1.82) is 0 Å². The maximum absolute atomic E-state index is 2.63. The minimum Gasteiger partial charge on any atom is -0.311 e. The Morgan fingerprint density at radius 2 is 0.947 bits per heavy atom. The number of fused-ring (bicyclic) bond motifs is 12. The lowest BCUT2D eigenvalue weighted by atomic mass is 9.36. The van der Waals surface area contributed by atoms with Gasteiger partial charge in [-0.1, -0.05) is 206 Å². The van der Waals surface area contributed by atoms with Gasteiger partial charge in [-0.25, -0.2) is 0 Å². The summed E-state index contributed by atoms with van der Waals surface area (Å²) >= 11 is 1.97. The van der Waals surface area contributed by atoms with E-state index in [1.165, 1.54) is 137 Å². The Kier molecular flexibility index (Phi) is 10.6. The van der Waals surface area contributed by atoms with Crippen LogP contribution in [-0.4, -0.2) is 6.71 Å². The molecule has 0 saturated carbocycles. The molecular weight excluding hydrogens is 936 g/mol. The molecule has 3 heterocycles. The highest BCUT2D eigenvalue weighted by Gasteiger charge is 2.45. The van der Waals surface area contributed by atoms with Crippen molar-refractivity contribution in [2.45, 2.75) is 65.7 Å². The molecule has 11 aromatic carbocycles. The fourth-order valence-corrected chi connectivity index (χ4v) is 13.8. The second kappa shape index (κ2) is 17.4. The number of benzene rings is 11. The van der Waals surface area contributed by atoms with E-state index >= 15 is 0 Å². The molecule has 0 fully saturated rings. The molecule has 0 amide bonds. The van der Waals surface area contributed by atoms with Crippen LogP contribution in [0, 0.1) is 0 Å². The third-order valence-corrected chi connectivity index (χ3v) is 17.8. The number of aryl methyl sites for hydroxylation is 1. The monoisotopic (exact) mass is 994 g/mol. The van der Waals surface area contributed by atoms with E-state index in [1.807, 2.05) is 11.3 Å². The van der Waals surface area contributed by atoms with Gasteiger partial charge < -0.3 is 9.80 Å². The Balaban J connectivity index is 1.05. The fraction of sp³-hybridized carbons (Fsp3) is 0.139. The van der Waals surface area contributed by atoms with Gasteiger partial charge in [0.25, 0.3) is 6.71 Å². The van der Waals surface area contributed by atoms with Crippen LogP contribution in [-0.2, 0) is 17.3 Å². The maximum Gasteiger partial charge on any atom is 0.264 e. The van der Waals surface area contributed by atoms with Gasteiger partial charge in [0, 0.05) is 43.2 Å². The van der Waals surface area contributed by atoms with E-state index in [2.05, 4.69) is 277 Å². The smallest absolute Gasteiger partial charge is 0.264 e. The van der Waals surface area contributed by atoms with Crippen LogP contribution in [0.5, 0.6) is 0 Å². The Morgan fingerprint density at radius 1 is 0.395 bits per heavy atom. The van der Waals surface area contributed by atoms with Gasteiger partial charge in [-0.15, -0.1) is 11.3 Å².